The summed E-state index contributed by atoms with van der Waals surface area (Å²) in [5, 5.41) is 2.86. The van der Waals surface area contributed by atoms with Gasteiger partial charge in [0.25, 0.3) is 0 Å². The van der Waals surface area contributed by atoms with E-state index in [0.29, 0.717) is 31.2 Å². The molecule has 0 spiro atoms. The van der Waals surface area contributed by atoms with E-state index in [4.69, 9.17) is 9.47 Å². The van der Waals surface area contributed by atoms with E-state index in [0.717, 1.165) is 24.5 Å². The molecule has 0 saturated carbocycles. The van der Waals surface area contributed by atoms with Crippen molar-refractivity contribution in [3.05, 3.63) is 48.5 Å². The van der Waals surface area contributed by atoms with E-state index in [-0.39, 0.29) is 18.2 Å². The summed E-state index contributed by atoms with van der Waals surface area (Å²) in [6, 6.07) is 15.0. The van der Waals surface area contributed by atoms with Gasteiger partial charge in [0.15, 0.2) is 0 Å². The molecule has 7 heteroatoms. The summed E-state index contributed by atoms with van der Waals surface area (Å²) in [5.74, 6) is 0.417. The minimum atomic E-state index is -0.159. The molecule has 1 fully saturated rings. The van der Waals surface area contributed by atoms with Gasteiger partial charge in [-0.3, -0.25) is 9.59 Å². The molecule has 7 nitrogen and oxygen atoms in total. The van der Waals surface area contributed by atoms with Gasteiger partial charge in [-0.2, -0.15) is 0 Å². The average Bonchev–Trinajstić information content (AvgIpc) is 2.74. The van der Waals surface area contributed by atoms with E-state index >= 15 is 0 Å². The Morgan fingerprint density at radius 3 is 2.62 bits per heavy atom. The summed E-state index contributed by atoms with van der Waals surface area (Å²) < 4.78 is 10.6. The van der Waals surface area contributed by atoms with Gasteiger partial charge in [-0.1, -0.05) is 18.2 Å². The number of hydrogen-bond donors (Lipinski definition) is 1. The number of nitrogens with zero attached hydrogens (tertiary/aromatic N) is 2. The third kappa shape index (κ3) is 5.48. The number of amides is 2. The van der Waals surface area contributed by atoms with Crippen molar-refractivity contribution in [2.45, 2.75) is 13.3 Å². The second kappa shape index (κ2) is 9.93. The van der Waals surface area contributed by atoms with Crippen LogP contribution in [0.25, 0.3) is 0 Å². The van der Waals surface area contributed by atoms with E-state index < -0.39 is 0 Å². The Hall–Kier alpha value is -3.06. The van der Waals surface area contributed by atoms with Crippen molar-refractivity contribution < 1.29 is 19.1 Å². The van der Waals surface area contributed by atoms with Gasteiger partial charge >= 0.3 is 0 Å². The van der Waals surface area contributed by atoms with Crippen LogP contribution in [-0.4, -0.2) is 51.8 Å². The van der Waals surface area contributed by atoms with Crippen molar-refractivity contribution >= 4 is 28.9 Å². The Balaban J connectivity index is 1.69. The largest absolute Gasteiger partial charge is 0.497 e. The van der Waals surface area contributed by atoms with Crippen molar-refractivity contribution in [3.8, 4) is 5.75 Å². The average molecular weight is 397 g/mol. The first-order chi connectivity index (χ1) is 14.1. The monoisotopic (exact) mass is 397 g/mol. The lowest BCUT2D eigenvalue weighted by Crippen LogP contribution is -2.39. The zero-order valence-electron chi connectivity index (χ0n) is 16.9. The van der Waals surface area contributed by atoms with Crippen molar-refractivity contribution in [3.63, 3.8) is 0 Å². The Morgan fingerprint density at radius 1 is 1.14 bits per heavy atom. The Labute approximate surface area is 171 Å². The van der Waals surface area contributed by atoms with E-state index in [1.54, 1.807) is 24.1 Å². The number of anilines is 3. The summed E-state index contributed by atoms with van der Waals surface area (Å²) >= 11 is 0. The maximum Gasteiger partial charge on any atom is 0.226 e. The Morgan fingerprint density at radius 2 is 1.90 bits per heavy atom. The fraction of sp³-hybridized carbons (Fsp3) is 0.364. The summed E-state index contributed by atoms with van der Waals surface area (Å²) in [6.07, 6.45) is 0.189. The van der Waals surface area contributed by atoms with Gasteiger partial charge in [-0.05, 0) is 24.3 Å². The first-order valence-corrected chi connectivity index (χ1v) is 9.72. The lowest BCUT2D eigenvalue weighted by atomic mass is 10.2. The minimum Gasteiger partial charge on any atom is -0.497 e. The molecule has 0 unspecified atom stereocenters. The van der Waals surface area contributed by atoms with Crippen LogP contribution >= 0.6 is 0 Å². The van der Waals surface area contributed by atoms with Crippen LogP contribution in [0.1, 0.15) is 13.3 Å². The number of morpholine rings is 1. The van der Waals surface area contributed by atoms with E-state index in [2.05, 4.69) is 10.2 Å². The summed E-state index contributed by atoms with van der Waals surface area (Å²) in [5.41, 5.74) is 2.47. The number of rotatable bonds is 7. The molecule has 1 N–H and O–H groups in total. The summed E-state index contributed by atoms with van der Waals surface area (Å²) in [6.45, 7) is 4.70. The van der Waals surface area contributed by atoms with Crippen LogP contribution in [0.3, 0.4) is 0 Å². The molecule has 0 radical (unpaired) electrons. The van der Waals surface area contributed by atoms with Gasteiger partial charge in [0, 0.05) is 44.7 Å². The fourth-order valence-corrected chi connectivity index (χ4v) is 3.35. The molecule has 29 heavy (non-hydrogen) atoms. The number of nitrogens with one attached hydrogen (secondary N) is 1. The van der Waals surface area contributed by atoms with Crippen LogP contribution in [0, 0.1) is 0 Å². The van der Waals surface area contributed by atoms with Gasteiger partial charge < -0.3 is 24.6 Å². The highest BCUT2D eigenvalue weighted by Gasteiger charge is 2.21. The molecule has 1 heterocycles. The van der Waals surface area contributed by atoms with Crippen LogP contribution < -0.4 is 19.9 Å². The van der Waals surface area contributed by atoms with Crippen LogP contribution in [0.4, 0.5) is 17.1 Å². The maximum absolute atomic E-state index is 12.4. The topological polar surface area (TPSA) is 71.1 Å². The third-order valence-corrected chi connectivity index (χ3v) is 4.82. The first-order valence-electron chi connectivity index (χ1n) is 9.72. The zero-order valence-corrected chi connectivity index (χ0v) is 16.9. The SMILES string of the molecule is COc1cccc(NC(=O)CCN(C(C)=O)c2ccccc2N2CCOCC2)c1. The molecular weight excluding hydrogens is 370 g/mol. The van der Waals surface area contributed by atoms with E-state index in [9.17, 15) is 9.59 Å². The van der Waals surface area contributed by atoms with Crippen LogP contribution in [0.15, 0.2) is 48.5 Å². The molecule has 0 bridgehead atoms. The smallest absolute Gasteiger partial charge is 0.226 e. The Kier molecular flexibility index (Phi) is 7.08. The van der Waals surface area contributed by atoms with Gasteiger partial charge in [0.1, 0.15) is 5.75 Å². The van der Waals surface area contributed by atoms with Gasteiger partial charge in [-0.25, -0.2) is 0 Å². The van der Waals surface area contributed by atoms with Crippen molar-refractivity contribution in [1.29, 1.82) is 0 Å². The van der Waals surface area contributed by atoms with Crippen molar-refractivity contribution in [1.82, 2.24) is 0 Å². The number of hydrogen-bond acceptors (Lipinski definition) is 5. The fourth-order valence-electron chi connectivity index (χ4n) is 3.35. The number of benzene rings is 2. The van der Waals surface area contributed by atoms with Gasteiger partial charge in [0.2, 0.25) is 11.8 Å². The quantitative estimate of drug-likeness (QED) is 0.778. The van der Waals surface area contributed by atoms with E-state index in [1.165, 1.54) is 6.92 Å². The molecule has 1 aliphatic heterocycles. The summed E-state index contributed by atoms with van der Waals surface area (Å²) in [4.78, 5) is 28.7. The van der Waals surface area contributed by atoms with Crippen LogP contribution in [0.5, 0.6) is 5.75 Å². The highest BCUT2D eigenvalue weighted by molar-refractivity contribution is 5.97. The molecule has 0 aliphatic carbocycles. The number of carbonyl (C=O) groups is 2. The number of methoxy groups -OCH3 is 1. The molecule has 2 amide bonds. The van der Waals surface area contributed by atoms with Crippen molar-refractivity contribution in [2.24, 2.45) is 0 Å². The standard InChI is InChI=1S/C22H27N3O4/c1-17(26)25(11-10-22(27)23-18-6-5-7-19(16-18)28-2)21-9-4-3-8-20(21)24-12-14-29-15-13-24/h3-9,16H,10-15H2,1-2H3,(H,23,27). The molecule has 2 aromatic rings. The summed E-state index contributed by atoms with van der Waals surface area (Å²) in [7, 11) is 1.58. The van der Waals surface area contributed by atoms with Crippen LogP contribution in [0.2, 0.25) is 0 Å². The molecule has 2 aromatic carbocycles. The lowest BCUT2D eigenvalue weighted by Gasteiger charge is -2.33. The highest BCUT2D eigenvalue weighted by Crippen LogP contribution is 2.30. The predicted molar refractivity (Wildman–Crippen MR) is 114 cm³/mol. The normalized spacial score (nSPS) is 13.7. The zero-order chi connectivity index (χ0) is 20.6. The molecule has 1 aliphatic rings. The first kappa shape index (κ1) is 20.7. The second-order valence-corrected chi connectivity index (χ2v) is 6.79. The number of carbonyl (C=O) groups excluding carboxylic acids is 2. The number of para-hydroxylation sites is 2. The molecule has 3 rings (SSSR count). The highest BCUT2D eigenvalue weighted by atomic mass is 16.5. The maximum atomic E-state index is 12.4. The third-order valence-electron chi connectivity index (χ3n) is 4.82. The predicted octanol–water partition coefficient (Wildman–Crippen LogP) is 2.91. The van der Waals surface area contributed by atoms with Gasteiger partial charge in [-0.15, -0.1) is 0 Å². The van der Waals surface area contributed by atoms with E-state index in [1.807, 2.05) is 36.4 Å². The Bertz CT molecular complexity index is 849. The van der Waals surface area contributed by atoms with Gasteiger partial charge in [0.05, 0.1) is 31.7 Å². The molecule has 154 valence electrons. The molecule has 0 atom stereocenters. The molecule has 0 aromatic heterocycles. The second-order valence-electron chi connectivity index (χ2n) is 6.79. The van der Waals surface area contributed by atoms with Crippen LogP contribution in [-0.2, 0) is 14.3 Å². The number of ether oxygens (including phenoxy) is 2. The lowest BCUT2D eigenvalue weighted by molar-refractivity contribution is -0.117. The molecule has 1 saturated heterocycles. The molecular formula is C22H27N3O4. The minimum absolute atomic E-state index is 0.0973. The van der Waals surface area contributed by atoms with Crippen molar-refractivity contribution in [2.75, 3.05) is 55.1 Å².